The van der Waals surface area contributed by atoms with Crippen molar-refractivity contribution in [2.24, 2.45) is 0 Å². The first-order valence-electron chi connectivity index (χ1n) is 17.4. The number of hydrogen-bond donors (Lipinski definition) is 3. The van der Waals surface area contributed by atoms with E-state index in [0.717, 1.165) is 79.5 Å². The highest BCUT2D eigenvalue weighted by atomic mass is 16.6. The molecule has 6 rings (SSSR count). The molecule has 0 radical (unpaired) electrons. The second-order valence-electron chi connectivity index (χ2n) is 13.8. The molecule has 2 aromatic carbocycles. The Kier molecular flexibility index (Phi) is 10.5. The summed E-state index contributed by atoms with van der Waals surface area (Å²) >= 11 is 0. The Morgan fingerprint density at radius 2 is 1.75 bits per heavy atom. The van der Waals surface area contributed by atoms with Crippen molar-refractivity contribution < 1.29 is 9.53 Å². The molecule has 0 aliphatic carbocycles. The van der Waals surface area contributed by atoms with Gasteiger partial charge in [-0.15, -0.1) is 0 Å². The molecular weight excluding hydrogens is 598 g/mol. The van der Waals surface area contributed by atoms with Crippen LogP contribution in [-0.2, 0) is 28.9 Å². The summed E-state index contributed by atoms with van der Waals surface area (Å²) < 4.78 is 5.81. The fraction of sp³-hybridized carbons (Fsp3) is 0.436. The molecule has 4 heterocycles. The molecule has 1 fully saturated rings. The third kappa shape index (κ3) is 8.31. The lowest BCUT2D eigenvalue weighted by molar-refractivity contribution is -0.157. The number of fused-ring (bicyclic) bond motifs is 1. The first-order chi connectivity index (χ1) is 23.3. The number of benzene rings is 2. The van der Waals surface area contributed by atoms with Crippen molar-refractivity contribution in [2.75, 3.05) is 41.7 Å². The summed E-state index contributed by atoms with van der Waals surface area (Å²) in [6.45, 7) is 11.5. The average Bonchev–Trinajstić information content (AvgIpc) is 3.11. The van der Waals surface area contributed by atoms with Crippen LogP contribution in [0.3, 0.4) is 0 Å². The van der Waals surface area contributed by atoms with E-state index in [2.05, 4.69) is 81.3 Å². The van der Waals surface area contributed by atoms with Crippen molar-refractivity contribution in [3.63, 3.8) is 0 Å². The Morgan fingerprint density at radius 3 is 2.48 bits per heavy atom. The van der Waals surface area contributed by atoms with Crippen molar-refractivity contribution in [1.29, 1.82) is 0 Å². The lowest BCUT2D eigenvalue weighted by Crippen LogP contribution is -2.45. The Labute approximate surface area is 285 Å². The van der Waals surface area contributed by atoms with Gasteiger partial charge >= 0.3 is 5.97 Å². The molecule has 3 N–H and O–H groups in total. The van der Waals surface area contributed by atoms with Gasteiger partial charge in [0.1, 0.15) is 35.4 Å². The summed E-state index contributed by atoms with van der Waals surface area (Å²) in [4.78, 5) is 30.1. The van der Waals surface area contributed by atoms with Crippen LogP contribution in [0.5, 0.6) is 0 Å². The molecule has 2 aliphatic rings. The molecule has 9 nitrogen and oxygen atoms in total. The number of carbonyl (C=O) groups excluding carboxylic acids is 1. The van der Waals surface area contributed by atoms with Gasteiger partial charge in [-0.1, -0.05) is 67.6 Å². The van der Waals surface area contributed by atoms with Crippen LogP contribution >= 0.6 is 0 Å². The predicted molar refractivity (Wildman–Crippen MR) is 193 cm³/mol. The van der Waals surface area contributed by atoms with Crippen molar-refractivity contribution >= 4 is 23.4 Å². The van der Waals surface area contributed by atoms with Crippen molar-refractivity contribution in [3.05, 3.63) is 95.4 Å². The van der Waals surface area contributed by atoms with E-state index in [1.807, 2.05) is 39.0 Å². The van der Waals surface area contributed by atoms with Gasteiger partial charge in [-0.3, -0.25) is 10.1 Å². The maximum Gasteiger partial charge on any atom is 0.325 e. The van der Waals surface area contributed by atoms with Gasteiger partial charge in [0, 0.05) is 49.9 Å². The van der Waals surface area contributed by atoms with E-state index < -0.39 is 11.6 Å². The quantitative estimate of drug-likeness (QED) is 0.152. The Hall–Kier alpha value is -4.50. The number of ether oxygens (including phenoxy) is 1. The maximum absolute atomic E-state index is 13.4. The van der Waals surface area contributed by atoms with E-state index in [0.29, 0.717) is 19.0 Å². The fourth-order valence-electron chi connectivity index (χ4n) is 6.61. The van der Waals surface area contributed by atoms with Crippen molar-refractivity contribution in [1.82, 2.24) is 20.3 Å². The van der Waals surface area contributed by atoms with Gasteiger partial charge in [0.2, 0.25) is 0 Å². The van der Waals surface area contributed by atoms with Crippen LogP contribution in [-0.4, -0.2) is 58.7 Å². The number of esters is 1. The summed E-state index contributed by atoms with van der Waals surface area (Å²) in [5.41, 5.74) is 6.42. The molecule has 2 aliphatic heterocycles. The maximum atomic E-state index is 13.4. The highest BCUT2D eigenvalue weighted by Crippen LogP contribution is 2.33. The highest BCUT2D eigenvalue weighted by molar-refractivity contribution is 5.77. The molecule has 252 valence electrons. The van der Waals surface area contributed by atoms with Gasteiger partial charge in [-0.05, 0) is 81.2 Å². The molecule has 2 aromatic heterocycles. The van der Waals surface area contributed by atoms with Crippen LogP contribution in [0.1, 0.15) is 75.3 Å². The van der Waals surface area contributed by atoms with Gasteiger partial charge in [0.25, 0.3) is 0 Å². The van der Waals surface area contributed by atoms with Gasteiger partial charge in [0.05, 0.1) is 0 Å². The Balaban J connectivity index is 1.11. The summed E-state index contributed by atoms with van der Waals surface area (Å²) in [5.74, 6) is 2.94. The molecule has 0 saturated carbocycles. The summed E-state index contributed by atoms with van der Waals surface area (Å²) in [6, 6.07) is 22.7. The molecule has 1 atom stereocenters. The van der Waals surface area contributed by atoms with Crippen molar-refractivity contribution in [3.8, 4) is 11.1 Å². The van der Waals surface area contributed by atoms with Crippen LogP contribution in [0, 0.1) is 0 Å². The topological polar surface area (TPSA) is 104 Å². The zero-order valence-corrected chi connectivity index (χ0v) is 28.8. The second kappa shape index (κ2) is 15.2. The van der Waals surface area contributed by atoms with E-state index in [1.165, 1.54) is 23.2 Å². The summed E-state index contributed by atoms with van der Waals surface area (Å²) in [6.07, 6.45) is 6.73. The fourth-order valence-corrected chi connectivity index (χ4v) is 6.61. The van der Waals surface area contributed by atoms with Gasteiger partial charge in [0.15, 0.2) is 0 Å². The number of aromatic nitrogens is 3. The largest absolute Gasteiger partial charge is 0.459 e. The van der Waals surface area contributed by atoms with E-state index >= 15 is 0 Å². The molecule has 0 bridgehead atoms. The number of piperidine rings is 1. The molecule has 4 aromatic rings. The minimum atomic E-state index is -0.595. The molecule has 9 heteroatoms. The van der Waals surface area contributed by atoms with Gasteiger partial charge in [-0.2, -0.15) is 0 Å². The second-order valence-corrected chi connectivity index (χ2v) is 13.8. The minimum absolute atomic E-state index is 0.295. The van der Waals surface area contributed by atoms with Crippen LogP contribution in [0.25, 0.3) is 11.1 Å². The first-order valence-corrected chi connectivity index (χ1v) is 17.4. The minimum Gasteiger partial charge on any atom is -0.459 e. The summed E-state index contributed by atoms with van der Waals surface area (Å²) in [7, 11) is 0. The smallest absolute Gasteiger partial charge is 0.325 e. The number of nitrogens with one attached hydrogen (secondary N) is 3. The van der Waals surface area contributed by atoms with Crippen molar-refractivity contribution in [2.45, 2.75) is 83.9 Å². The van der Waals surface area contributed by atoms with E-state index in [4.69, 9.17) is 14.7 Å². The van der Waals surface area contributed by atoms with E-state index in [9.17, 15) is 4.79 Å². The number of pyridine rings is 1. The lowest BCUT2D eigenvalue weighted by atomic mass is 9.92. The number of nitrogens with zero attached hydrogens (tertiary/aromatic N) is 4. The van der Waals surface area contributed by atoms with Crippen LogP contribution in [0.15, 0.2) is 73.1 Å². The van der Waals surface area contributed by atoms with Crippen LogP contribution in [0.4, 0.5) is 17.5 Å². The molecule has 0 unspecified atom stereocenters. The normalized spacial score (nSPS) is 15.7. The number of hydrogen-bond acceptors (Lipinski definition) is 9. The average molecular weight is 648 g/mol. The third-order valence-electron chi connectivity index (χ3n) is 9.18. The predicted octanol–water partition coefficient (Wildman–Crippen LogP) is 6.76. The number of aryl methyl sites for hydroxylation is 1. The highest BCUT2D eigenvalue weighted by Gasteiger charge is 2.28. The monoisotopic (exact) mass is 647 g/mol. The number of anilines is 3. The molecule has 48 heavy (non-hydrogen) atoms. The first kappa shape index (κ1) is 33.4. The zero-order valence-electron chi connectivity index (χ0n) is 28.8. The van der Waals surface area contributed by atoms with E-state index in [-0.39, 0.29) is 5.97 Å². The summed E-state index contributed by atoms with van der Waals surface area (Å²) in [5, 5.41) is 10.4. The number of carbonyl (C=O) groups is 1. The molecule has 0 spiro atoms. The van der Waals surface area contributed by atoms with Gasteiger partial charge in [-0.25, -0.2) is 15.0 Å². The molecule has 1 saturated heterocycles. The SMILES string of the molecule is CCc1c(NC[C@H](NCc2ccc(-c3ccccc3)cc2)C(=O)OC(C)(C)C)ncnc1N1CCC(c2ccc3c(n2)NCCC3)CC1. The third-order valence-corrected chi connectivity index (χ3v) is 9.18. The van der Waals surface area contributed by atoms with Gasteiger partial charge < -0.3 is 20.3 Å². The Morgan fingerprint density at radius 1 is 1.00 bits per heavy atom. The number of rotatable bonds is 11. The van der Waals surface area contributed by atoms with Crippen LogP contribution in [0.2, 0.25) is 0 Å². The lowest BCUT2D eigenvalue weighted by Gasteiger charge is -2.34. The van der Waals surface area contributed by atoms with Crippen LogP contribution < -0.4 is 20.9 Å². The molecular formula is C39H49N7O2. The standard InChI is InChI=1S/C39H49N7O2/c1-5-32-36(43-26-44-37(32)46-22-19-30(20-23-46)33-18-17-31-12-9-21-40-35(31)45-33)42-25-34(38(47)48-39(2,3)4)41-24-27-13-15-29(16-14-27)28-10-7-6-8-11-28/h6-8,10-11,13-18,26,30,34,41H,5,9,12,19-25H2,1-4H3,(H,40,45)(H,42,43,44)/t34-/m0/s1. The van der Waals surface area contributed by atoms with E-state index in [1.54, 1.807) is 6.33 Å². The zero-order chi connectivity index (χ0) is 33.5. The Bertz CT molecular complexity index is 1660. The molecule has 0 amide bonds.